The highest BCUT2D eigenvalue weighted by Crippen LogP contribution is 2.76. The maximum atomic E-state index is 15.5. The maximum absolute atomic E-state index is 15.5. The van der Waals surface area contributed by atoms with E-state index in [0.29, 0.717) is 51.4 Å². The van der Waals surface area contributed by atoms with Gasteiger partial charge in [0.15, 0.2) is 56.6 Å². The minimum atomic E-state index is -2.10. The van der Waals surface area contributed by atoms with Crippen molar-refractivity contribution in [2.45, 2.75) is 421 Å². The molecule has 0 aromatic rings. The molecular formula is C87H142O48. The standard InChI is InChI=1S/C87H142O48/c1-29-44(94)50(100)58(108)74(120-29)130-67-38(24-91)125-77(64(114)56(67)106)132-66-36(22-89)123-71(61(111)54(66)104)118-27-39-48(98)52(102)60(110)78(127-39)135-81(115)87-18-16-82(3,4)20-32(87)31-10-11-42-84(7)14-13-43(83(5,6)41(84)12-15-86(42,9)85(31,8)17-19-87)128-73-62(112)53(103)65(30(2)121-73)129-79-70(46(96)34(93)25-116-79)134-80-69(45(95)33(92)26-117-80)133-72-57(107)49(99)40(28-119-72)126-75-63(113)55(105)68(37(23-90)124-75)131-76-59(109)51(101)47(97)35(21-88)122-76/h10,29-30,32-80,88-114H,11-28H2,1-9H3. The molecule has 55 atom stereocenters. The van der Waals surface area contributed by atoms with Crippen molar-refractivity contribution in [3.8, 4) is 0 Å². The molecule has 15 aliphatic rings. The molecule has 0 amide bonds. The summed E-state index contributed by atoms with van der Waals surface area (Å²) in [5.41, 5.74) is -1.98. The summed E-state index contributed by atoms with van der Waals surface area (Å²) in [6.45, 7) is 12.3. The summed E-state index contributed by atoms with van der Waals surface area (Å²) in [4.78, 5) is 15.5. The van der Waals surface area contributed by atoms with Gasteiger partial charge in [-0.15, -0.1) is 0 Å². The van der Waals surface area contributed by atoms with Crippen molar-refractivity contribution in [3.05, 3.63) is 11.6 Å². The molecule has 55 unspecified atom stereocenters. The first-order valence-electron chi connectivity index (χ1n) is 46.8. The van der Waals surface area contributed by atoms with Gasteiger partial charge in [-0.1, -0.05) is 60.1 Å². The molecule has 27 N–H and O–H groups in total. The van der Waals surface area contributed by atoms with Crippen LogP contribution in [0.3, 0.4) is 0 Å². The van der Waals surface area contributed by atoms with Gasteiger partial charge in [0.25, 0.3) is 0 Å². The van der Waals surface area contributed by atoms with Crippen LogP contribution in [0.1, 0.15) is 127 Å². The molecule has 0 radical (unpaired) electrons. The smallest absolute Gasteiger partial charge is 0.315 e. The zero-order valence-electron chi connectivity index (χ0n) is 76.4. The molecule has 10 heterocycles. The number of carbonyl (C=O) groups excluding carboxylic acids is 1. The van der Waals surface area contributed by atoms with Crippen LogP contribution in [-0.2, 0) is 99.5 Å². The van der Waals surface area contributed by atoms with Crippen molar-refractivity contribution in [2.24, 2.45) is 50.2 Å². The number of aliphatic hydroxyl groups excluding tert-OH is 27. The predicted octanol–water partition coefficient (Wildman–Crippen LogP) is -11.1. The minimum absolute atomic E-state index is 0.0290. The Morgan fingerprint density at radius 1 is 0.356 bits per heavy atom. The van der Waals surface area contributed by atoms with Gasteiger partial charge in [-0.3, -0.25) is 4.79 Å². The molecule has 14 fully saturated rings. The first kappa shape index (κ1) is 107. The van der Waals surface area contributed by atoms with Crippen molar-refractivity contribution in [1.29, 1.82) is 0 Å². The fourth-order valence-corrected chi connectivity index (χ4v) is 24.4. The Morgan fingerprint density at radius 3 is 1.32 bits per heavy atom. The second-order valence-corrected chi connectivity index (χ2v) is 41.8. The fraction of sp³-hybridized carbons (Fsp3) is 0.966. The third-order valence-electron chi connectivity index (χ3n) is 32.8. The third kappa shape index (κ3) is 19.7. The topological polar surface area (TPSA) is 748 Å². The molecular weight excluding hydrogens is 1810 g/mol. The van der Waals surface area contributed by atoms with E-state index in [1.165, 1.54) is 6.92 Å². The van der Waals surface area contributed by atoms with E-state index < -0.39 is 370 Å². The quantitative estimate of drug-likeness (QED) is 0.0229. The van der Waals surface area contributed by atoms with E-state index in [0.717, 1.165) is 18.4 Å². The number of ether oxygens (including phenoxy) is 20. The summed E-state index contributed by atoms with van der Waals surface area (Å²) in [7, 11) is 0. The molecule has 0 spiro atoms. The Kier molecular flexibility index (Phi) is 32.9. The van der Waals surface area contributed by atoms with Gasteiger partial charge < -0.3 is 233 Å². The Labute approximate surface area is 776 Å². The molecule has 10 aliphatic heterocycles. The van der Waals surface area contributed by atoms with Gasteiger partial charge in [-0.2, -0.15) is 0 Å². The molecule has 48 nitrogen and oxygen atoms in total. The summed E-state index contributed by atoms with van der Waals surface area (Å²) in [6.07, 6.45) is -75.6. The highest BCUT2D eigenvalue weighted by Gasteiger charge is 2.72. The molecule has 10 saturated heterocycles. The van der Waals surface area contributed by atoms with Gasteiger partial charge in [-0.25, -0.2) is 0 Å². The van der Waals surface area contributed by atoms with Crippen LogP contribution in [0.15, 0.2) is 11.6 Å². The average Bonchev–Trinajstić information content (AvgIpc) is 0.672. The number of rotatable bonds is 25. The van der Waals surface area contributed by atoms with Crippen molar-refractivity contribution < 1.29 is 237 Å². The van der Waals surface area contributed by atoms with Gasteiger partial charge in [0.2, 0.25) is 6.29 Å². The Morgan fingerprint density at radius 2 is 0.770 bits per heavy atom. The third-order valence-corrected chi connectivity index (χ3v) is 32.8. The van der Waals surface area contributed by atoms with E-state index in [1.807, 2.05) is 0 Å². The van der Waals surface area contributed by atoms with E-state index >= 15 is 4.79 Å². The van der Waals surface area contributed by atoms with Gasteiger partial charge in [0.1, 0.15) is 214 Å². The second-order valence-electron chi connectivity index (χ2n) is 41.8. The second kappa shape index (κ2) is 41.7. The first-order chi connectivity index (χ1) is 63.5. The molecule has 5 aliphatic carbocycles. The Balaban J connectivity index is 0.553. The van der Waals surface area contributed by atoms with Crippen LogP contribution in [0.4, 0.5) is 0 Å². The number of esters is 1. The van der Waals surface area contributed by atoms with Crippen LogP contribution in [0.25, 0.3) is 0 Å². The lowest BCUT2D eigenvalue weighted by molar-refractivity contribution is -0.391. The summed E-state index contributed by atoms with van der Waals surface area (Å²) >= 11 is 0. The number of hydrogen-bond donors (Lipinski definition) is 27. The largest absolute Gasteiger partial charge is 0.432 e. The Hall–Kier alpha value is -2.63. The predicted molar refractivity (Wildman–Crippen MR) is 438 cm³/mol. The zero-order valence-corrected chi connectivity index (χ0v) is 76.4. The number of carbonyl (C=O) groups is 1. The molecule has 0 aromatic heterocycles. The number of hydrogen-bond acceptors (Lipinski definition) is 48. The average molecular weight is 1960 g/mol. The van der Waals surface area contributed by atoms with E-state index in [9.17, 15) is 138 Å². The zero-order chi connectivity index (χ0) is 98.2. The van der Waals surface area contributed by atoms with Gasteiger partial charge in [0, 0.05) is 0 Å². The number of aliphatic hydroxyl groups is 27. The van der Waals surface area contributed by atoms with Crippen LogP contribution in [-0.4, -0.2) is 492 Å². The van der Waals surface area contributed by atoms with Crippen LogP contribution in [0, 0.1) is 50.2 Å². The summed E-state index contributed by atoms with van der Waals surface area (Å²) in [5.74, 6) is -0.914. The molecule has 4 saturated carbocycles. The van der Waals surface area contributed by atoms with Crippen molar-refractivity contribution >= 4 is 5.97 Å². The lowest BCUT2D eigenvalue weighted by atomic mass is 9.33. The SMILES string of the molecule is CC1OC(OC2C(CO)OC(OC3C(CO)OC(OCC4OC(OC(=O)C56CCC(C)(C)CC5C5=CCC7C8(C)CCC(OC9OC(C)C(OC%10OCC(O)C(O)C%10OC%10OCC(O)C(O)C%10OC%10OCC(OC%11OC(CO)C(OC%12OC(CO)C(O)C(O)C%12O)C(O)C%11O)C(O)C%10O)C(O)C9O)C(C)(C)C8CCC7(C)C5(C)CC6)C(O)C(O)C4O)C(O)C3O)C(O)C2O)C(O)C(O)C1O. The van der Waals surface area contributed by atoms with E-state index in [2.05, 4.69) is 54.5 Å². The minimum Gasteiger partial charge on any atom is -0.432 e. The highest BCUT2D eigenvalue weighted by molar-refractivity contribution is 5.79. The normalized spacial score (nSPS) is 54.6. The van der Waals surface area contributed by atoms with E-state index in [4.69, 9.17) is 94.7 Å². The monoisotopic (exact) mass is 1950 g/mol. The van der Waals surface area contributed by atoms with Crippen molar-refractivity contribution in [3.63, 3.8) is 0 Å². The van der Waals surface area contributed by atoms with E-state index in [-0.39, 0.29) is 34.0 Å². The molecule has 0 aromatic carbocycles. The van der Waals surface area contributed by atoms with Crippen LogP contribution in [0.2, 0.25) is 0 Å². The van der Waals surface area contributed by atoms with Gasteiger partial charge in [-0.05, 0) is 123 Å². The molecule has 778 valence electrons. The van der Waals surface area contributed by atoms with Gasteiger partial charge >= 0.3 is 5.97 Å². The Bertz CT molecular complexity index is 3910. The first-order valence-corrected chi connectivity index (χ1v) is 46.8. The molecule has 0 bridgehead atoms. The fourth-order valence-electron chi connectivity index (χ4n) is 24.4. The molecule has 135 heavy (non-hydrogen) atoms. The number of allylic oxidation sites excluding steroid dienone is 2. The van der Waals surface area contributed by atoms with Gasteiger partial charge in [0.05, 0.1) is 76.6 Å². The van der Waals surface area contributed by atoms with E-state index in [1.54, 1.807) is 6.92 Å². The van der Waals surface area contributed by atoms with Crippen molar-refractivity contribution in [2.75, 3.05) is 52.9 Å². The lowest BCUT2D eigenvalue weighted by Crippen LogP contribution is -2.67. The summed E-state index contributed by atoms with van der Waals surface area (Å²) in [5, 5.41) is 297. The highest BCUT2D eigenvalue weighted by atomic mass is 16.8. The van der Waals surface area contributed by atoms with Crippen LogP contribution in [0.5, 0.6) is 0 Å². The summed E-state index contributed by atoms with van der Waals surface area (Å²) in [6, 6.07) is 0. The lowest BCUT2D eigenvalue weighted by Gasteiger charge is -2.71. The van der Waals surface area contributed by atoms with Crippen LogP contribution >= 0.6 is 0 Å². The molecule has 15 rings (SSSR count). The summed E-state index contributed by atoms with van der Waals surface area (Å²) < 4.78 is 118. The maximum Gasteiger partial charge on any atom is 0.315 e. The van der Waals surface area contributed by atoms with Crippen LogP contribution < -0.4 is 0 Å². The van der Waals surface area contributed by atoms with Crippen molar-refractivity contribution in [1.82, 2.24) is 0 Å². The number of fused-ring (bicyclic) bond motifs is 7. The molecule has 48 heteroatoms.